The first-order valence-corrected chi connectivity index (χ1v) is 6.22. The molecule has 2 unspecified atom stereocenters. The number of carbonyl (C=O) groups is 1. The minimum Gasteiger partial charge on any atom is -0.382 e. The van der Waals surface area contributed by atoms with Crippen LogP contribution in [0.5, 0.6) is 0 Å². The van der Waals surface area contributed by atoms with Gasteiger partial charge in [0.2, 0.25) is 0 Å². The number of halogens is 1. The number of nitrogens with two attached hydrogens (primary N) is 1. The first kappa shape index (κ1) is 13.1. The number of amides is 1. The Labute approximate surface area is 111 Å². The number of nitrogen functional groups attached to an aromatic ring is 1. The van der Waals surface area contributed by atoms with Crippen molar-refractivity contribution in [1.29, 1.82) is 0 Å². The quantitative estimate of drug-likeness (QED) is 0.874. The Morgan fingerprint density at radius 3 is 3.00 bits per heavy atom. The Morgan fingerprint density at radius 2 is 2.39 bits per heavy atom. The predicted molar refractivity (Wildman–Crippen MR) is 69.6 cm³/mol. The second kappa shape index (κ2) is 5.54. The fourth-order valence-electron chi connectivity index (χ4n) is 2.13. The van der Waals surface area contributed by atoms with E-state index in [9.17, 15) is 4.79 Å². The Bertz CT molecular complexity index is 453. The third kappa shape index (κ3) is 2.91. The third-order valence-corrected chi connectivity index (χ3v) is 3.49. The molecule has 1 aromatic heterocycles. The largest absolute Gasteiger partial charge is 0.382 e. The van der Waals surface area contributed by atoms with Crippen LogP contribution in [-0.4, -0.2) is 30.1 Å². The number of hydrogen-bond donors (Lipinski definition) is 2. The minimum absolute atomic E-state index is 0.152. The van der Waals surface area contributed by atoms with Crippen LogP contribution < -0.4 is 11.1 Å². The van der Waals surface area contributed by atoms with Crippen LogP contribution in [0, 0.1) is 0 Å². The van der Waals surface area contributed by atoms with E-state index < -0.39 is 0 Å². The van der Waals surface area contributed by atoms with E-state index in [4.69, 9.17) is 22.1 Å². The third-order valence-electron chi connectivity index (χ3n) is 3.18. The van der Waals surface area contributed by atoms with E-state index >= 15 is 0 Å². The van der Waals surface area contributed by atoms with Crippen molar-refractivity contribution in [3.8, 4) is 0 Å². The van der Waals surface area contributed by atoms with Gasteiger partial charge >= 0.3 is 0 Å². The lowest BCUT2D eigenvalue weighted by molar-refractivity contribution is 0.0914. The Morgan fingerprint density at radius 1 is 1.61 bits per heavy atom. The van der Waals surface area contributed by atoms with Gasteiger partial charge in [0.1, 0.15) is 5.82 Å². The zero-order valence-corrected chi connectivity index (χ0v) is 10.9. The minimum atomic E-state index is -0.175. The number of nitrogens with one attached hydrogen (secondary N) is 1. The first-order valence-electron chi connectivity index (χ1n) is 5.85. The highest BCUT2D eigenvalue weighted by Crippen LogP contribution is 2.22. The lowest BCUT2D eigenvalue weighted by Crippen LogP contribution is -2.33. The van der Waals surface area contributed by atoms with Crippen molar-refractivity contribution in [2.24, 2.45) is 0 Å². The molecule has 98 valence electrons. The van der Waals surface area contributed by atoms with Gasteiger partial charge in [0.05, 0.1) is 16.7 Å². The SMILES string of the molecule is COC1CCC(NC(=O)c2cnc(N)c(Cl)c2)C1. The number of carbonyl (C=O) groups excluding carboxylic acids is 1. The summed E-state index contributed by atoms with van der Waals surface area (Å²) in [6.45, 7) is 0. The second-order valence-corrected chi connectivity index (χ2v) is 4.84. The molecular formula is C12H16ClN3O2. The molecule has 2 atom stereocenters. The summed E-state index contributed by atoms with van der Waals surface area (Å²) in [6.07, 6.45) is 4.42. The monoisotopic (exact) mass is 269 g/mol. The van der Waals surface area contributed by atoms with Crippen molar-refractivity contribution < 1.29 is 9.53 Å². The Hall–Kier alpha value is -1.33. The van der Waals surface area contributed by atoms with Gasteiger partial charge in [0.15, 0.2) is 0 Å². The van der Waals surface area contributed by atoms with Crippen LogP contribution >= 0.6 is 11.6 Å². The van der Waals surface area contributed by atoms with E-state index in [1.165, 1.54) is 12.3 Å². The van der Waals surface area contributed by atoms with Gasteiger partial charge in [0.25, 0.3) is 5.91 Å². The van der Waals surface area contributed by atoms with Crippen LogP contribution in [0.15, 0.2) is 12.3 Å². The molecule has 2 rings (SSSR count). The maximum Gasteiger partial charge on any atom is 0.253 e. The maximum atomic E-state index is 12.0. The van der Waals surface area contributed by atoms with Crippen molar-refractivity contribution in [3.05, 3.63) is 22.8 Å². The molecule has 0 saturated heterocycles. The van der Waals surface area contributed by atoms with Gasteiger partial charge in [-0.3, -0.25) is 4.79 Å². The molecule has 1 heterocycles. The molecule has 1 amide bonds. The summed E-state index contributed by atoms with van der Waals surface area (Å²) in [5.74, 6) is 0.0553. The molecule has 0 radical (unpaired) electrons. The van der Waals surface area contributed by atoms with Crippen LogP contribution in [0.2, 0.25) is 5.02 Å². The first-order chi connectivity index (χ1) is 8.60. The number of pyridine rings is 1. The lowest BCUT2D eigenvalue weighted by atomic mass is 10.2. The van der Waals surface area contributed by atoms with E-state index in [0.29, 0.717) is 10.6 Å². The van der Waals surface area contributed by atoms with Gasteiger partial charge in [-0.1, -0.05) is 11.6 Å². The number of nitrogens with zero attached hydrogens (tertiary/aromatic N) is 1. The zero-order chi connectivity index (χ0) is 13.1. The number of methoxy groups -OCH3 is 1. The average Bonchev–Trinajstić information content (AvgIpc) is 2.80. The number of anilines is 1. The molecule has 0 bridgehead atoms. The summed E-state index contributed by atoms with van der Waals surface area (Å²) >= 11 is 5.83. The topological polar surface area (TPSA) is 77.2 Å². The van der Waals surface area contributed by atoms with Crippen LogP contribution in [0.1, 0.15) is 29.6 Å². The summed E-state index contributed by atoms with van der Waals surface area (Å²) in [4.78, 5) is 15.8. The van der Waals surface area contributed by atoms with Gasteiger partial charge < -0.3 is 15.8 Å². The molecular weight excluding hydrogens is 254 g/mol. The van der Waals surface area contributed by atoms with Crippen molar-refractivity contribution in [2.75, 3.05) is 12.8 Å². The molecule has 1 saturated carbocycles. The summed E-state index contributed by atoms with van der Waals surface area (Å²) in [5, 5.41) is 3.24. The van der Waals surface area contributed by atoms with Crippen LogP contribution in [0.3, 0.4) is 0 Å². The van der Waals surface area contributed by atoms with Gasteiger partial charge in [0, 0.05) is 19.3 Å². The van der Waals surface area contributed by atoms with Gasteiger partial charge in [-0.15, -0.1) is 0 Å². The normalized spacial score (nSPS) is 23.0. The molecule has 1 aliphatic rings. The summed E-state index contributed by atoms with van der Waals surface area (Å²) in [7, 11) is 1.69. The highest BCUT2D eigenvalue weighted by molar-refractivity contribution is 6.33. The van der Waals surface area contributed by atoms with E-state index in [1.54, 1.807) is 7.11 Å². The number of aromatic nitrogens is 1. The fraction of sp³-hybridized carbons (Fsp3) is 0.500. The molecule has 6 heteroatoms. The van der Waals surface area contributed by atoms with Crippen molar-refractivity contribution >= 4 is 23.3 Å². The highest BCUT2D eigenvalue weighted by atomic mass is 35.5. The Kier molecular flexibility index (Phi) is 4.04. The summed E-state index contributed by atoms with van der Waals surface area (Å²) in [5.41, 5.74) is 5.92. The van der Waals surface area contributed by atoms with Gasteiger partial charge in [-0.2, -0.15) is 0 Å². The lowest BCUT2D eigenvalue weighted by Gasteiger charge is -2.13. The number of ether oxygens (including phenoxy) is 1. The van der Waals surface area contributed by atoms with E-state index in [2.05, 4.69) is 10.3 Å². The molecule has 0 aromatic carbocycles. The molecule has 18 heavy (non-hydrogen) atoms. The van der Waals surface area contributed by atoms with Crippen LogP contribution in [0.4, 0.5) is 5.82 Å². The van der Waals surface area contributed by atoms with E-state index in [-0.39, 0.29) is 23.9 Å². The van der Waals surface area contributed by atoms with Crippen molar-refractivity contribution in [2.45, 2.75) is 31.4 Å². The maximum absolute atomic E-state index is 12.0. The van der Waals surface area contributed by atoms with Gasteiger partial charge in [-0.25, -0.2) is 4.98 Å². The summed E-state index contributed by atoms with van der Waals surface area (Å²) < 4.78 is 5.26. The molecule has 1 fully saturated rings. The predicted octanol–water partition coefficient (Wildman–Crippen LogP) is 1.61. The average molecular weight is 270 g/mol. The fourth-order valence-corrected chi connectivity index (χ4v) is 2.29. The number of rotatable bonds is 3. The Balaban J connectivity index is 1.97. The molecule has 3 N–H and O–H groups in total. The molecule has 0 aliphatic heterocycles. The highest BCUT2D eigenvalue weighted by Gasteiger charge is 2.26. The van der Waals surface area contributed by atoms with Crippen LogP contribution in [-0.2, 0) is 4.74 Å². The molecule has 1 aromatic rings. The number of hydrogen-bond acceptors (Lipinski definition) is 4. The zero-order valence-electron chi connectivity index (χ0n) is 10.1. The van der Waals surface area contributed by atoms with Crippen molar-refractivity contribution in [1.82, 2.24) is 10.3 Å². The smallest absolute Gasteiger partial charge is 0.253 e. The summed E-state index contributed by atoms with van der Waals surface area (Å²) in [6, 6.07) is 1.68. The standard InChI is InChI=1S/C12H16ClN3O2/c1-18-9-3-2-8(5-9)16-12(17)7-4-10(13)11(14)15-6-7/h4,6,8-9H,2-3,5H2,1H3,(H2,14,15)(H,16,17). The van der Waals surface area contributed by atoms with Crippen LogP contribution in [0.25, 0.3) is 0 Å². The molecule has 1 aliphatic carbocycles. The van der Waals surface area contributed by atoms with Gasteiger partial charge in [-0.05, 0) is 25.3 Å². The van der Waals surface area contributed by atoms with Crippen molar-refractivity contribution in [3.63, 3.8) is 0 Å². The van der Waals surface area contributed by atoms with E-state index in [1.807, 2.05) is 0 Å². The molecule has 0 spiro atoms. The van der Waals surface area contributed by atoms with E-state index in [0.717, 1.165) is 19.3 Å². The second-order valence-electron chi connectivity index (χ2n) is 4.43. The molecule has 5 nitrogen and oxygen atoms in total.